The maximum atomic E-state index is 12.8. The molecule has 0 bridgehead atoms. The lowest BCUT2D eigenvalue weighted by molar-refractivity contribution is 0.0215. The number of amides is 1. The fraction of sp³-hybridized carbons (Fsp3) is 0.476. The van der Waals surface area contributed by atoms with Crippen molar-refractivity contribution in [2.24, 2.45) is 5.41 Å². The van der Waals surface area contributed by atoms with Crippen molar-refractivity contribution in [2.45, 2.75) is 51.7 Å². The summed E-state index contributed by atoms with van der Waals surface area (Å²) in [6, 6.07) is 10.5. The predicted molar refractivity (Wildman–Crippen MR) is 106 cm³/mol. The molecule has 1 aliphatic carbocycles. The van der Waals surface area contributed by atoms with E-state index < -0.39 is 5.60 Å². The van der Waals surface area contributed by atoms with Crippen LogP contribution >= 0.6 is 15.9 Å². The summed E-state index contributed by atoms with van der Waals surface area (Å²) in [5, 5.41) is 0. The maximum absolute atomic E-state index is 12.8. The first kappa shape index (κ1) is 17.7. The molecule has 2 heterocycles. The van der Waals surface area contributed by atoms with Crippen LogP contribution in [0.4, 0.5) is 4.79 Å². The third kappa shape index (κ3) is 3.54. The Morgan fingerprint density at radius 2 is 1.92 bits per heavy atom. The Bertz CT molecular complexity index is 815. The number of hydrogen-bond donors (Lipinski definition) is 1. The molecule has 5 heteroatoms. The molecule has 2 aromatic rings. The van der Waals surface area contributed by atoms with Gasteiger partial charge >= 0.3 is 6.09 Å². The number of nitrogens with zero attached hydrogens (tertiary/aromatic N) is 1. The topological polar surface area (TPSA) is 45.3 Å². The van der Waals surface area contributed by atoms with E-state index >= 15 is 0 Å². The summed E-state index contributed by atoms with van der Waals surface area (Å²) in [5.74, 6) is 0. The molecular weight excluding hydrogens is 392 g/mol. The van der Waals surface area contributed by atoms with Crippen LogP contribution in [0.5, 0.6) is 0 Å². The zero-order valence-corrected chi connectivity index (χ0v) is 17.1. The lowest BCUT2D eigenvalue weighted by Gasteiger charge is -2.28. The quantitative estimate of drug-likeness (QED) is 0.661. The van der Waals surface area contributed by atoms with Crippen LogP contribution in [0.1, 0.15) is 51.8 Å². The SMILES string of the molecule is CC(C)(C)OC(=O)N1CC2(CC2)C[C@H]1c1cc(-c2ccc(Br)cc2)c[nH]1. The highest BCUT2D eigenvalue weighted by molar-refractivity contribution is 9.10. The van der Waals surface area contributed by atoms with Crippen molar-refractivity contribution in [1.82, 2.24) is 9.88 Å². The minimum absolute atomic E-state index is 0.0662. The van der Waals surface area contributed by atoms with Crippen LogP contribution in [0.3, 0.4) is 0 Å². The number of halogens is 1. The fourth-order valence-corrected chi connectivity index (χ4v) is 4.06. The number of nitrogens with one attached hydrogen (secondary N) is 1. The van der Waals surface area contributed by atoms with E-state index in [0.717, 1.165) is 28.7 Å². The van der Waals surface area contributed by atoms with Crippen LogP contribution in [-0.4, -0.2) is 28.1 Å². The van der Waals surface area contributed by atoms with Gasteiger partial charge in [-0.2, -0.15) is 0 Å². The molecule has 1 aromatic carbocycles. The van der Waals surface area contributed by atoms with Crippen LogP contribution in [0, 0.1) is 5.41 Å². The van der Waals surface area contributed by atoms with Gasteiger partial charge in [-0.15, -0.1) is 0 Å². The molecule has 1 spiro atoms. The monoisotopic (exact) mass is 416 g/mol. The van der Waals surface area contributed by atoms with Gasteiger partial charge in [0.2, 0.25) is 0 Å². The van der Waals surface area contributed by atoms with Crippen LogP contribution < -0.4 is 0 Å². The molecule has 1 N–H and O–H groups in total. The minimum Gasteiger partial charge on any atom is -0.444 e. The number of benzene rings is 1. The van der Waals surface area contributed by atoms with Crippen molar-refractivity contribution < 1.29 is 9.53 Å². The van der Waals surface area contributed by atoms with Gasteiger partial charge < -0.3 is 9.72 Å². The Balaban J connectivity index is 1.59. The van der Waals surface area contributed by atoms with E-state index in [1.54, 1.807) is 0 Å². The van der Waals surface area contributed by atoms with E-state index in [2.05, 4.69) is 39.1 Å². The highest BCUT2D eigenvalue weighted by Gasteiger charge is 2.54. The third-order valence-electron chi connectivity index (χ3n) is 5.34. The van der Waals surface area contributed by atoms with Gasteiger partial charge in [0, 0.05) is 22.9 Å². The lowest BCUT2D eigenvalue weighted by Crippen LogP contribution is -2.37. The number of carbonyl (C=O) groups is 1. The van der Waals surface area contributed by atoms with E-state index in [1.165, 1.54) is 18.4 Å². The molecule has 26 heavy (non-hydrogen) atoms. The fourth-order valence-electron chi connectivity index (χ4n) is 3.80. The first-order valence-corrected chi connectivity index (χ1v) is 9.98. The Morgan fingerprint density at radius 1 is 1.23 bits per heavy atom. The standard InChI is InChI=1S/C21H25BrN2O2/c1-20(2,3)26-19(25)24-13-21(8-9-21)11-18(24)17-10-15(12-23-17)14-4-6-16(22)7-5-14/h4-7,10,12,18,23H,8-9,11,13H2,1-3H3/t18-/m0/s1. The molecule has 138 valence electrons. The van der Waals surface area contributed by atoms with Crippen molar-refractivity contribution >= 4 is 22.0 Å². The highest BCUT2D eigenvalue weighted by Crippen LogP contribution is 2.58. The number of aromatic nitrogens is 1. The molecule has 4 nitrogen and oxygen atoms in total. The van der Waals surface area contributed by atoms with Crippen molar-refractivity contribution in [2.75, 3.05) is 6.54 Å². The highest BCUT2D eigenvalue weighted by atomic mass is 79.9. The molecule has 1 saturated carbocycles. The van der Waals surface area contributed by atoms with Crippen LogP contribution in [0.15, 0.2) is 41.0 Å². The molecule has 4 rings (SSSR count). The second kappa shape index (κ2) is 6.15. The van der Waals surface area contributed by atoms with Gasteiger partial charge in [0.05, 0.1) is 6.04 Å². The van der Waals surface area contributed by atoms with E-state index in [0.29, 0.717) is 5.41 Å². The smallest absolute Gasteiger partial charge is 0.410 e. The number of H-pyrrole nitrogens is 1. The molecule has 0 radical (unpaired) electrons. The molecular formula is C21H25BrN2O2. The Morgan fingerprint density at radius 3 is 2.54 bits per heavy atom. The molecule has 1 aromatic heterocycles. The second-order valence-electron chi connectivity index (χ2n) is 8.68. The van der Waals surface area contributed by atoms with Gasteiger partial charge in [0.25, 0.3) is 0 Å². The van der Waals surface area contributed by atoms with Crippen LogP contribution in [-0.2, 0) is 4.74 Å². The third-order valence-corrected chi connectivity index (χ3v) is 5.86. The summed E-state index contributed by atoms with van der Waals surface area (Å²) in [6.07, 6.45) is 5.27. The maximum Gasteiger partial charge on any atom is 0.410 e. The number of aromatic amines is 1. The van der Waals surface area contributed by atoms with Gasteiger partial charge in [-0.25, -0.2) is 4.79 Å². The number of rotatable bonds is 2. The van der Waals surface area contributed by atoms with Crippen molar-refractivity contribution in [3.8, 4) is 11.1 Å². The summed E-state index contributed by atoms with van der Waals surface area (Å²) in [4.78, 5) is 18.1. The number of carbonyl (C=O) groups excluding carboxylic acids is 1. The number of likely N-dealkylation sites (tertiary alicyclic amines) is 1. The van der Waals surface area contributed by atoms with Gasteiger partial charge in [0.1, 0.15) is 5.60 Å². The summed E-state index contributed by atoms with van der Waals surface area (Å²) in [6.45, 7) is 6.56. The number of ether oxygens (including phenoxy) is 1. The average Bonchev–Trinajstić information content (AvgIpc) is 2.98. The Hall–Kier alpha value is -1.75. The second-order valence-corrected chi connectivity index (χ2v) is 9.59. The minimum atomic E-state index is -0.473. The van der Waals surface area contributed by atoms with E-state index in [-0.39, 0.29) is 12.1 Å². The zero-order chi connectivity index (χ0) is 18.5. The van der Waals surface area contributed by atoms with Crippen molar-refractivity contribution in [3.63, 3.8) is 0 Å². The van der Waals surface area contributed by atoms with Crippen LogP contribution in [0.2, 0.25) is 0 Å². The molecule has 1 aliphatic heterocycles. The molecule has 2 fully saturated rings. The summed E-state index contributed by atoms with van der Waals surface area (Å²) in [7, 11) is 0. The molecule has 1 atom stereocenters. The van der Waals surface area contributed by atoms with Crippen LogP contribution in [0.25, 0.3) is 11.1 Å². The van der Waals surface area contributed by atoms with Crippen molar-refractivity contribution in [3.05, 3.63) is 46.7 Å². The molecule has 1 saturated heterocycles. The summed E-state index contributed by atoms with van der Waals surface area (Å²) < 4.78 is 6.74. The van der Waals surface area contributed by atoms with E-state index in [1.807, 2.05) is 44.0 Å². The number of hydrogen-bond acceptors (Lipinski definition) is 2. The Labute approximate surface area is 163 Å². The Kier molecular flexibility index (Phi) is 4.18. The van der Waals surface area contributed by atoms with Gasteiger partial charge in [-0.1, -0.05) is 28.1 Å². The summed E-state index contributed by atoms with van der Waals surface area (Å²) in [5.41, 5.74) is 3.24. The largest absolute Gasteiger partial charge is 0.444 e. The first-order chi connectivity index (χ1) is 12.2. The van der Waals surface area contributed by atoms with Gasteiger partial charge in [0.15, 0.2) is 0 Å². The summed E-state index contributed by atoms with van der Waals surface area (Å²) >= 11 is 3.48. The predicted octanol–water partition coefficient (Wildman–Crippen LogP) is 5.91. The zero-order valence-electron chi connectivity index (χ0n) is 15.5. The van der Waals surface area contributed by atoms with Gasteiger partial charge in [-0.3, -0.25) is 4.90 Å². The molecule has 0 unspecified atom stereocenters. The van der Waals surface area contributed by atoms with Crippen molar-refractivity contribution in [1.29, 1.82) is 0 Å². The normalized spacial score (nSPS) is 21.2. The molecule has 1 amide bonds. The molecule has 2 aliphatic rings. The lowest BCUT2D eigenvalue weighted by atomic mass is 10.0. The first-order valence-electron chi connectivity index (χ1n) is 9.19. The van der Waals surface area contributed by atoms with E-state index in [9.17, 15) is 4.79 Å². The van der Waals surface area contributed by atoms with E-state index in [4.69, 9.17) is 4.74 Å². The van der Waals surface area contributed by atoms with Gasteiger partial charge in [-0.05, 0) is 74.8 Å². The average molecular weight is 417 g/mol.